The molecule has 0 saturated carbocycles. The van der Waals surface area contributed by atoms with E-state index < -0.39 is 0 Å². The number of amides is 2. The monoisotopic (exact) mass is 383 g/mol. The zero-order valence-electron chi connectivity index (χ0n) is 17.4. The van der Waals surface area contributed by atoms with Crippen molar-refractivity contribution in [1.29, 1.82) is 0 Å². The first-order valence-electron chi connectivity index (χ1n) is 9.86. The highest BCUT2D eigenvalue weighted by molar-refractivity contribution is 5.94. The molecule has 1 aliphatic heterocycles. The van der Waals surface area contributed by atoms with Crippen molar-refractivity contribution in [1.82, 2.24) is 14.8 Å². The number of oxazole rings is 1. The molecule has 1 aromatic carbocycles. The third kappa shape index (κ3) is 4.11. The number of aryl methyl sites for hydroxylation is 1. The molecule has 0 spiro atoms. The minimum Gasteiger partial charge on any atom is -0.445 e. The van der Waals surface area contributed by atoms with Gasteiger partial charge in [0.1, 0.15) is 5.76 Å². The molecule has 2 amide bonds. The van der Waals surface area contributed by atoms with Crippen LogP contribution in [0.3, 0.4) is 0 Å². The Morgan fingerprint density at radius 3 is 2.29 bits per heavy atom. The van der Waals surface area contributed by atoms with Crippen LogP contribution in [0, 0.1) is 6.92 Å². The minimum absolute atomic E-state index is 0.0702. The van der Waals surface area contributed by atoms with E-state index in [0.29, 0.717) is 36.4 Å². The Labute approximate surface area is 166 Å². The molecular formula is C22H29N3O3. The number of rotatable bonds is 4. The lowest BCUT2D eigenvalue weighted by Crippen LogP contribution is -2.38. The van der Waals surface area contributed by atoms with E-state index in [4.69, 9.17) is 4.42 Å². The Bertz CT molecular complexity index is 844. The standard InChI is InChI=1S/C22H29N3O3/c1-14(2)16-6-8-18(9-7-16)21(26)25-12-10-17(11-13-25)20-23-19(15(3)28-20)22(27)24(4)5/h6-9,14,17H,10-13H2,1-5H3. The first kappa shape index (κ1) is 20.1. The van der Waals surface area contributed by atoms with Gasteiger partial charge in [0.05, 0.1) is 0 Å². The summed E-state index contributed by atoms with van der Waals surface area (Å²) >= 11 is 0. The van der Waals surface area contributed by atoms with Gasteiger partial charge in [0.15, 0.2) is 11.6 Å². The van der Waals surface area contributed by atoms with E-state index >= 15 is 0 Å². The van der Waals surface area contributed by atoms with Crippen molar-refractivity contribution in [3.8, 4) is 0 Å². The summed E-state index contributed by atoms with van der Waals surface area (Å²) in [4.78, 5) is 32.8. The van der Waals surface area contributed by atoms with E-state index in [1.54, 1.807) is 21.0 Å². The number of hydrogen-bond donors (Lipinski definition) is 0. The van der Waals surface area contributed by atoms with Gasteiger partial charge in [-0.05, 0) is 43.4 Å². The molecule has 1 fully saturated rings. The van der Waals surface area contributed by atoms with Crippen LogP contribution in [0.25, 0.3) is 0 Å². The van der Waals surface area contributed by atoms with Gasteiger partial charge in [0.2, 0.25) is 0 Å². The second kappa shape index (κ2) is 8.17. The van der Waals surface area contributed by atoms with Crippen molar-refractivity contribution in [2.45, 2.75) is 45.4 Å². The predicted octanol–water partition coefficient (Wildman–Crippen LogP) is 3.83. The van der Waals surface area contributed by atoms with Crippen molar-refractivity contribution in [3.05, 3.63) is 52.7 Å². The highest BCUT2D eigenvalue weighted by Crippen LogP contribution is 2.30. The van der Waals surface area contributed by atoms with Crippen molar-refractivity contribution in [2.75, 3.05) is 27.2 Å². The second-order valence-electron chi connectivity index (χ2n) is 8.00. The van der Waals surface area contributed by atoms with Crippen LogP contribution in [0.2, 0.25) is 0 Å². The van der Waals surface area contributed by atoms with Crippen LogP contribution in [-0.4, -0.2) is 53.8 Å². The number of piperidine rings is 1. The molecule has 0 unspecified atom stereocenters. The van der Waals surface area contributed by atoms with E-state index in [9.17, 15) is 9.59 Å². The average Bonchev–Trinajstić information content (AvgIpc) is 3.08. The summed E-state index contributed by atoms with van der Waals surface area (Å²) in [6, 6.07) is 7.90. The molecule has 2 heterocycles. The van der Waals surface area contributed by atoms with Gasteiger partial charge in [-0.15, -0.1) is 0 Å². The number of carbonyl (C=O) groups excluding carboxylic acids is 2. The summed E-state index contributed by atoms with van der Waals surface area (Å²) in [5.41, 5.74) is 2.34. The van der Waals surface area contributed by atoms with Crippen LogP contribution in [0.1, 0.15) is 76.6 Å². The number of hydrogen-bond acceptors (Lipinski definition) is 4. The molecule has 1 aliphatic rings. The van der Waals surface area contributed by atoms with Gasteiger partial charge in [-0.2, -0.15) is 0 Å². The van der Waals surface area contributed by atoms with Gasteiger partial charge in [-0.25, -0.2) is 4.98 Å². The molecule has 0 atom stereocenters. The van der Waals surface area contributed by atoms with Crippen LogP contribution < -0.4 is 0 Å². The van der Waals surface area contributed by atoms with Crippen LogP contribution in [0.4, 0.5) is 0 Å². The molecule has 0 aliphatic carbocycles. The number of aromatic nitrogens is 1. The van der Waals surface area contributed by atoms with Crippen molar-refractivity contribution < 1.29 is 14.0 Å². The molecule has 1 aromatic heterocycles. The SMILES string of the molecule is Cc1oc(C2CCN(C(=O)c3ccc(C(C)C)cc3)CC2)nc1C(=O)N(C)C. The number of benzene rings is 1. The topological polar surface area (TPSA) is 66.7 Å². The molecule has 0 N–H and O–H groups in total. The third-order valence-corrected chi connectivity index (χ3v) is 5.38. The van der Waals surface area contributed by atoms with E-state index in [1.165, 1.54) is 10.5 Å². The van der Waals surface area contributed by atoms with E-state index in [2.05, 4.69) is 18.8 Å². The molecule has 150 valence electrons. The molecule has 0 bridgehead atoms. The van der Waals surface area contributed by atoms with E-state index in [-0.39, 0.29) is 17.7 Å². The molecule has 6 nitrogen and oxygen atoms in total. The summed E-state index contributed by atoms with van der Waals surface area (Å²) in [6.45, 7) is 7.38. The minimum atomic E-state index is -0.148. The predicted molar refractivity (Wildman–Crippen MR) is 108 cm³/mol. The summed E-state index contributed by atoms with van der Waals surface area (Å²) in [5.74, 6) is 1.67. The smallest absolute Gasteiger partial charge is 0.275 e. The lowest BCUT2D eigenvalue weighted by Gasteiger charge is -2.30. The first-order chi connectivity index (χ1) is 13.3. The van der Waals surface area contributed by atoms with Gasteiger partial charge in [0, 0.05) is 38.7 Å². The van der Waals surface area contributed by atoms with Crippen LogP contribution in [0.5, 0.6) is 0 Å². The van der Waals surface area contributed by atoms with E-state index in [1.807, 2.05) is 29.2 Å². The number of carbonyl (C=O) groups is 2. The zero-order valence-corrected chi connectivity index (χ0v) is 17.4. The lowest BCUT2D eigenvalue weighted by molar-refractivity contribution is 0.0706. The second-order valence-corrected chi connectivity index (χ2v) is 8.00. The lowest BCUT2D eigenvalue weighted by atomic mass is 9.96. The van der Waals surface area contributed by atoms with Gasteiger partial charge in [-0.1, -0.05) is 26.0 Å². The summed E-state index contributed by atoms with van der Waals surface area (Å²) < 4.78 is 5.78. The molecule has 1 saturated heterocycles. The Morgan fingerprint density at radius 1 is 1.14 bits per heavy atom. The van der Waals surface area contributed by atoms with Gasteiger partial charge in [0.25, 0.3) is 11.8 Å². The fourth-order valence-electron chi connectivity index (χ4n) is 3.52. The van der Waals surface area contributed by atoms with Gasteiger partial charge >= 0.3 is 0 Å². The Kier molecular flexibility index (Phi) is 5.87. The van der Waals surface area contributed by atoms with Gasteiger partial charge < -0.3 is 14.2 Å². The number of likely N-dealkylation sites (tertiary alicyclic amines) is 1. The highest BCUT2D eigenvalue weighted by Gasteiger charge is 2.29. The highest BCUT2D eigenvalue weighted by atomic mass is 16.4. The molecule has 28 heavy (non-hydrogen) atoms. The average molecular weight is 383 g/mol. The van der Waals surface area contributed by atoms with Crippen molar-refractivity contribution >= 4 is 11.8 Å². The Morgan fingerprint density at radius 2 is 1.75 bits per heavy atom. The fourth-order valence-corrected chi connectivity index (χ4v) is 3.52. The van der Waals surface area contributed by atoms with Crippen molar-refractivity contribution in [3.63, 3.8) is 0 Å². The Balaban J connectivity index is 1.63. The quantitative estimate of drug-likeness (QED) is 0.805. The van der Waals surface area contributed by atoms with Crippen molar-refractivity contribution in [2.24, 2.45) is 0 Å². The Hall–Kier alpha value is -2.63. The summed E-state index contributed by atoms with van der Waals surface area (Å²) in [7, 11) is 3.40. The maximum atomic E-state index is 12.8. The molecule has 0 radical (unpaired) electrons. The van der Waals surface area contributed by atoms with Gasteiger partial charge in [-0.3, -0.25) is 9.59 Å². The van der Waals surface area contributed by atoms with Crippen LogP contribution in [-0.2, 0) is 0 Å². The summed E-state index contributed by atoms with van der Waals surface area (Å²) in [6.07, 6.45) is 1.57. The summed E-state index contributed by atoms with van der Waals surface area (Å²) in [5, 5.41) is 0. The molecule has 3 rings (SSSR count). The molecular weight excluding hydrogens is 354 g/mol. The normalized spacial score (nSPS) is 15.1. The zero-order chi connectivity index (χ0) is 20.4. The maximum Gasteiger partial charge on any atom is 0.275 e. The van der Waals surface area contributed by atoms with E-state index in [0.717, 1.165) is 18.4 Å². The maximum absolute atomic E-state index is 12.8. The third-order valence-electron chi connectivity index (χ3n) is 5.38. The molecule has 2 aromatic rings. The number of nitrogens with zero attached hydrogens (tertiary/aromatic N) is 3. The molecule has 6 heteroatoms. The van der Waals surface area contributed by atoms with Crippen LogP contribution >= 0.6 is 0 Å². The van der Waals surface area contributed by atoms with Crippen LogP contribution in [0.15, 0.2) is 28.7 Å². The first-order valence-corrected chi connectivity index (χ1v) is 9.86. The largest absolute Gasteiger partial charge is 0.445 e. The fraction of sp³-hybridized carbons (Fsp3) is 0.500.